The molecule has 1 aliphatic carbocycles. The molecule has 0 heterocycles. The molecule has 7 heteroatoms. The molecule has 0 unspecified atom stereocenters. The van der Waals surface area contributed by atoms with E-state index in [1.807, 2.05) is 34.6 Å². The molecule has 1 aliphatic rings. The van der Waals surface area contributed by atoms with Crippen LogP contribution < -0.4 is 16.0 Å². The van der Waals surface area contributed by atoms with Gasteiger partial charge in [-0.15, -0.1) is 24.0 Å². The first kappa shape index (κ1) is 23.3. The molecule has 0 radical (unpaired) electrons. The summed E-state index contributed by atoms with van der Waals surface area (Å²) in [7, 11) is 0. The molecule has 142 valence electrons. The van der Waals surface area contributed by atoms with Gasteiger partial charge in [-0.05, 0) is 47.5 Å². The summed E-state index contributed by atoms with van der Waals surface area (Å²) in [6.45, 7) is 11.9. The topological polar surface area (TPSA) is 74.8 Å². The van der Waals surface area contributed by atoms with Gasteiger partial charge in [0.05, 0.1) is 12.1 Å². The zero-order valence-electron chi connectivity index (χ0n) is 15.8. The highest BCUT2D eigenvalue weighted by molar-refractivity contribution is 14.0. The second-order valence-electron chi connectivity index (χ2n) is 7.19. The predicted molar refractivity (Wildman–Crippen MR) is 110 cm³/mol. The van der Waals surface area contributed by atoms with Crippen molar-refractivity contribution in [2.45, 2.75) is 77.9 Å². The number of nitrogens with zero attached hydrogens (tertiary/aromatic N) is 1. The summed E-state index contributed by atoms with van der Waals surface area (Å²) in [5, 5.41) is 9.56. The number of carbonyl (C=O) groups excluding carboxylic acids is 1. The molecule has 0 spiro atoms. The van der Waals surface area contributed by atoms with Crippen LogP contribution in [0.3, 0.4) is 0 Å². The second kappa shape index (κ2) is 11.0. The van der Waals surface area contributed by atoms with Crippen molar-refractivity contribution < 1.29 is 9.53 Å². The average Bonchev–Trinajstić information content (AvgIpc) is 2.44. The van der Waals surface area contributed by atoms with Crippen LogP contribution in [-0.4, -0.2) is 42.8 Å². The Morgan fingerprint density at radius 3 is 2.08 bits per heavy atom. The number of hydrogen-bond acceptors (Lipinski definition) is 3. The van der Waals surface area contributed by atoms with Gasteiger partial charge in [0.15, 0.2) is 5.96 Å². The number of hydrogen-bond donors (Lipinski definition) is 3. The number of guanidine groups is 1. The quantitative estimate of drug-likeness (QED) is 0.338. The van der Waals surface area contributed by atoms with Crippen LogP contribution in [-0.2, 0) is 4.74 Å². The van der Waals surface area contributed by atoms with Gasteiger partial charge in [0.1, 0.15) is 5.60 Å². The maximum absolute atomic E-state index is 12.2. The van der Waals surface area contributed by atoms with Crippen molar-refractivity contribution in [3.8, 4) is 0 Å². The van der Waals surface area contributed by atoms with E-state index in [4.69, 9.17) is 4.74 Å². The Labute approximate surface area is 164 Å². The lowest BCUT2D eigenvalue weighted by atomic mass is 9.82. The number of aliphatic imine (C=N–C) groups is 1. The molecule has 0 saturated heterocycles. The monoisotopic (exact) mass is 454 g/mol. The molecule has 6 nitrogen and oxygen atoms in total. The Kier molecular flexibility index (Phi) is 10.7. The fourth-order valence-corrected chi connectivity index (χ4v) is 2.81. The van der Waals surface area contributed by atoms with Gasteiger partial charge < -0.3 is 20.7 Å². The first-order chi connectivity index (χ1) is 10.8. The Balaban J connectivity index is 0.00000529. The summed E-state index contributed by atoms with van der Waals surface area (Å²) < 4.78 is 5.44. The molecular weight excluding hydrogens is 419 g/mol. The summed E-state index contributed by atoms with van der Waals surface area (Å²) >= 11 is 0. The number of nitrogens with one attached hydrogen (secondary N) is 3. The van der Waals surface area contributed by atoms with Gasteiger partial charge in [-0.1, -0.05) is 19.3 Å². The number of amides is 1. The maximum Gasteiger partial charge on any atom is 0.408 e. The molecule has 1 saturated carbocycles. The summed E-state index contributed by atoms with van der Waals surface area (Å²) in [4.78, 5) is 16.9. The summed E-state index contributed by atoms with van der Waals surface area (Å²) in [5.74, 6) is 0.797. The van der Waals surface area contributed by atoms with Gasteiger partial charge in [0.2, 0.25) is 0 Å². The molecular formula is C17H35IN4O2. The number of rotatable bonds is 5. The minimum absolute atomic E-state index is 0. The molecule has 0 aromatic carbocycles. The third-order valence-corrected chi connectivity index (χ3v) is 3.81. The van der Waals surface area contributed by atoms with Crippen molar-refractivity contribution >= 4 is 36.0 Å². The molecule has 0 bridgehead atoms. The molecule has 0 atom stereocenters. The van der Waals surface area contributed by atoms with Gasteiger partial charge in [0.25, 0.3) is 0 Å². The number of alkyl carbamates (subject to hydrolysis) is 1. The lowest BCUT2D eigenvalue weighted by Gasteiger charge is -2.37. The largest absolute Gasteiger partial charge is 0.444 e. The van der Waals surface area contributed by atoms with Crippen molar-refractivity contribution in [3.05, 3.63) is 0 Å². The molecule has 24 heavy (non-hydrogen) atoms. The Morgan fingerprint density at radius 1 is 1.08 bits per heavy atom. The van der Waals surface area contributed by atoms with E-state index in [-0.39, 0.29) is 35.6 Å². The summed E-state index contributed by atoms with van der Waals surface area (Å²) in [5.41, 5.74) is -0.779. The van der Waals surface area contributed by atoms with Gasteiger partial charge >= 0.3 is 6.09 Å². The SMILES string of the molecule is CCNC(=NCC1(NC(=O)OC(C)(C)C)CCCCC1)NCC.I. The van der Waals surface area contributed by atoms with Crippen LogP contribution in [0.4, 0.5) is 4.79 Å². The minimum Gasteiger partial charge on any atom is -0.444 e. The first-order valence-corrected chi connectivity index (χ1v) is 8.83. The third-order valence-electron chi connectivity index (χ3n) is 3.81. The van der Waals surface area contributed by atoms with E-state index in [1.165, 1.54) is 6.42 Å². The molecule has 1 fully saturated rings. The molecule has 0 aromatic rings. The van der Waals surface area contributed by atoms with Crippen LogP contribution in [0.2, 0.25) is 0 Å². The van der Waals surface area contributed by atoms with E-state index in [1.54, 1.807) is 0 Å². The van der Waals surface area contributed by atoms with E-state index in [2.05, 4.69) is 20.9 Å². The normalized spacial score (nSPS) is 16.4. The van der Waals surface area contributed by atoms with E-state index in [0.717, 1.165) is 44.7 Å². The van der Waals surface area contributed by atoms with E-state index < -0.39 is 5.60 Å². The number of carbonyl (C=O) groups is 1. The number of halogens is 1. The van der Waals surface area contributed by atoms with Crippen LogP contribution in [0.5, 0.6) is 0 Å². The molecule has 3 N–H and O–H groups in total. The van der Waals surface area contributed by atoms with Gasteiger partial charge in [-0.25, -0.2) is 4.79 Å². The van der Waals surface area contributed by atoms with Crippen LogP contribution in [0, 0.1) is 0 Å². The second-order valence-corrected chi connectivity index (χ2v) is 7.19. The smallest absolute Gasteiger partial charge is 0.408 e. The van der Waals surface area contributed by atoms with Gasteiger partial charge in [-0.3, -0.25) is 4.99 Å². The zero-order valence-corrected chi connectivity index (χ0v) is 18.2. The zero-order chi connectivity index (χ0) is 17.3. The summed E-state index contributed by atoms with van der Waals surface area (Å²) in [6.07, 6.45) is 4.99. The van der Waals surface area contributed by atoms with Crippen molar-refractivity contribution in [2.24, 2.45) is 4.99 Å². The van der Waals surface area contributed by atoms with Crippen molar-refractivity contribution in [1.82, 2.24) is 16.0 Å². The molecule has 1 rings (SSSR count). The Morgan fingerprint density at radius 2 is 1.62 bits per heavy atom. The molecule has 0 aromatic heterocycles. The van der Waals surface area contributed by atoms with Crippen molar-refractivity contribution in [1.29, 1.82) is 0 Å². The first-order valence-electron chi connectivity index (χ1n) is 8.83. The standard InChI is InChI=1S/C17H34N4O2.HI/c1-6-18-14(19-7-2)20-13-17(11-9-8-10-12-17)21-15(22)23-16(3,4)5;/h6-13H2,1-5H3,(H,21,22)(H2,18,19,20);1H. The Bertz CT molecular complexity index is 394. The highest BCUT2D eigenvalue weighted by atomic mass is 127. The minimum atomic E-state index is -0.484. The fourth-order valence-electron chi connectivity index (χ4n) is 2.81. The Hall–Kier alpha value is -0.730. The molecule has 1 amide bonds. The lowest BCUT2D eigenvalue weighted by molar-refractivity contribution is 0.0431. The van der Waals surface area contributed by atoms with Crippen molar-refractivity contribution in [3.63, 3.8) is 0 Å². The highest BCUT2D eigenvalue weighted by Crippen LogP contribution is 2.29. The predicted octanol–water partition coefficient (Wildman–Crippen LogP) is 3.41. The van der Waals surface area contributed by atoms with Crippen molar-refractivity contribution in [2.75, 3.05) is 19.6 Å². The van der Waals surface area contributed by atoms with E-state index >= 15 is 0 Å². The molecule has 0 aliphatic heterocycles. The summed E-state index contributed by atoms with van der Waals surface area (Å²) in [6, 6.07) is 0. The van der Waals surface area contributed by atoms with E-state index in [9.17, 15) is 4.79 Å². The van der Waals surface area contributed by atoms with Crippen LogP contribution >= 0.6 is 24.0 Å². The number of ether oxygens (including phenoxy) is 1. The average molecular weight is 454 g/mol. The lowest BCUT2D eigenvalue weighted by Crippen LogP contribution is -2.54. The fraction of sp³-hybridized carbons (Fsp3) is 0.882. The highest BCUT2D eigenvalue weighted by Gasteiger charge is 2.35. The van der Waals surface area contributed by atoms with Gasteiger partial charge in [-0.2, -0.15) is 0 Å². The van der Waals surface area contributed by atoms with Crippen LogP contribution in [0.15, 0.2) is 4.99 Å². The van der Waals surface area contributed by atoms with Crippen LogP contribution in [0.1, 0.15) is 66.7 Å². The van der Waals surface area contributed by atoms with Crippen LogP contribution in [0.25, 0.3) is 0 Å². The maximum atomic E-state index is 12.2. The van der Waals surface area contributed by atoms with Gasteiger partial charge in [0, 0.05) is 13.1 Å². The van der Waals surface area contributed by atoms with E-state index in [0.29, 0.717) is 6.54 Å². The third kappa shape index (κ3) is 8.94.